The van der Waals surface area contributed by atoms with Crippen molar-refractivity contribution in [3.63, 3.8) is 0 Å². The first-order valence-corrected chi connectivity index (χ1v) is 9.02. The summed E-state index contributed by atoms with van der Waals surface area (Å²) in [7, 11) is 2.35. The molecule has 0 bridgehead atoms. The predicted molar refractivity (Wildman–Crippen MR) is 89.7 cm³/mol. The van der Waals surface area contributed by atoms with Crippen molar-refractivity contribution in [3.05, 3.63) is 0 Å². The minimum Gasteiger partial charge on any atom is -0.381 e. The van der Waals surface area contributed by atoms with Crippen molar-refractivity contribution in [2.45, 2.75) is 71.4 Å². The fourth-order valence-electron chi connectivity index (χ4n) is 3.96. The SMILES string of the molecule is CC1CCC(N(C)CC2(CNC(C)C)CCOCC2)CC1. The maximum Gasteiger partial charge on any atom is 0.0472 e. The van der Waals surface area contributed by atoms with Gasteiger partial charge in [0.2, 0.25) is 0 Å². The molecule has 3 nitrogen and oxygen atoms in total. The summed E-state index contributed by atoms with van der Waals surface area (Å²) in [5, 5.41) is 3.69. The molecule has 124 valence electrons. The lowest BCUT2D eigenvalue weighted by Gasteiger charge is -2.44. The predicted octanol–water partition coefficient (Wildman–Crippen LogP) is 3.29. The first-order valence-electron chi connectivity index (χ1n) is 9.02. The fourth-order valence-corrected chi connectivity index (χ4v) is 3.96. The molecule has 1 aliphatic carbocycles. The topological polar surface area (TPSA) is 24.5 Å². The molecule has 1 aliphatic heterocycles. The molecule has 2 rings (SSSR count). The molecule has 0 aromatic heterocycles. The van der Waals surface area contributed by atoms with Crippen molar-refractivity contribution in [1.29, 1.82) is 0 Å². The Morgan fingerprint density at radius 3 is 2.33 bits per heavy atom. The van der Waals surface area contributed by atoms with E-state index in [1.807, 2.05) is 0 Å². The van der Waals surface area contributed by atoms with Crippen molar-refractivity contribution >= 4 is 0 Å². The highest BCUT2D eigenvalue weighted by Gasteiger charge is 2.35. The lowest BCUT2D eigenvalue weighted by Crippen LogP contribution is -2.50. The van der Waals surface area contributed by atoms with Gasteiger partial charge in [0.05, 0.1) is 0 Å². The third kappa shape index (κ3) is 5.22. The maximum absolute atomic E-state index is 5.63. The molecule has 1 N–H and O–H groups in total. The Hall–Kier alpha value is -0.120. The highest BCUT2D eigenvalue weighted by Crippen LogP contribution is 2.34. The van der Waals surface area contributed by atoms with Gasteiger partial charge in [-0.3, -0.25) is 0 Å². The van der Waals surface area contributed by atoms with Gasteiger partial charge in [-0.2, -0.15) is 0 Å². The van der Waals surface area contributed by atoms with E-state index in [2.05, 4.69) is 38.0 Å². The van der Waals surface area contributed by atoms with Crippen LogP contribution in [0.15, 0.2) is 0 Å². The third-order valence-corrected chi connectivity index (χ3v) is 5.63. The van der Waals surface area contributed by atoms with E-state index in [0.29, 0.717) is 11.5 Å². The maximum atomic E-state index is 5.63. The molecule has 0 aromatic carbocycles. The zero-order valence-corrected chi connectivity index (χ0v) is 14.7. The summed E-state index contributed by atoms with van der Waals surface area (Å²) in [5.41, 5.74) is 0.417. The molecule has 0 aromatic rings. The Balaban J connectivity index is 1.90. The molecule has 0 radical (unpaired) electrons. The Bertz CT molecular complexity index is 292. The van der Waals surface area contributed by atoms with E-state index >= 15 is 0 Å². The highest BCUT2D eigenvalue weighted by molar-refractivity contribution is 4.89. The van der Waals surface area contributed by atoms with E-state index < -0.39 is 0 Å². The van der Waals surface area contributed by atoms with Crippen LogP contribution in [0.4, 0.5) is 0 Å². The summed E-state index contributed by atoms with van der Waals surface area (Å²) in [6.07, 6.45) is 8.02. The molecular formula is C18H36N2O. The Morgan fingerprint density at radius 2 is 1.76 bits per heavy atom. The summed E-state index contributed by atoms with van der Waals surface area (Å²) in [6, 6.07) is 1.38. The minimum absolute atomic E-state index is 0.417. The monoisotopic (exact) mass is 296 g/mol. The normalized spacial score (nSPS) is 30.0. The van der Waals surface area contributed by atoms with Gasteiger partial charge in [-0.05, 0) is 56.9 Å². The van der Waals surface area contributed by atoms with Gasteiger partial charge in [0.15, 0.2) is 0 Å². The molecular weight excluding hydrogens is 260 g/mol. The van der Waals surface area contributed by atoms with E-state index in [9.17, 15) is 0 Å². The van der Waals surface area contributed by atoms with Gasteiger partial charge in [-0.1, -0.05) is 20.8 Å². The Labute approximate surface area is 131 Å². The Morgan fingerprint density at radius 1 is 1.14 bits per heavy atom. The lowest BCUT2D eigenvalue weighted by atomic mass is 9.78. The first kappa shape index (κ1) is 17.2. The number of ether oxygens (including phenoxy) is 1. The lowest BCUT2D eigenvalue weighted by molar-refractivity contribution is -0.0110. The summed E-state index contributed by atoms with van der Waals surface area (Å²) in [6.45, 7) is 11.2. The highest BCUT2D eigenvalue weighted by atomic mass is 16.5. The number of hydrogen-bond acceptors (Lipinski definition) is 3. The number of nitrogens with zero attached hydrogens (tertiary/aromatic N) is 1. The van der Waals surface area contributed by atoms with Gasteiger partial charge in [0, 0.05) is 38.4 Å². The van der Waals surface area contributed by atoms with Crippen LogP contribution < -0.4 is 5.32 Å². The largest absolute Gasteiger partial charge is 0.381 e. The summed E-state index contributed by atoms with van der Waals surface area (Å²) < 4.78 is 5.63. The summed E-state index contributed by atoms with van der Waals surface area (Å²) in [5.74, 6) is 0.939. The van der Waals surface area contributed by atoms with Gasteiger partial charge in [-0.15, -0.1) is 0 Å². The molecule has 2 fully saturated rings. The van der Waals surface area contributed by atoms with Gasteiger partial charge in [0.25, 0.3) is 0 Å². The molecule has 0 spiro atoms. The molecule has 2 aliphatic rings. The van der Waals surface area contributed by atoms with Crippen molar-refractivity contribution in [3.8, 4) is 0 Å². The van der Waals surface area contributed by atoms with Crippen molar-refractivity contribution < 1.29 is 4.74 Å². The number of nitrogens with one attached hydrogen (secondary N) is 1. The second kappa shape index (κ2) is 7.94. The fraction of sp³-hybridized carbons (Fsp3) is 1.00. The average molecular weight is 296 g/mol. The van der Waals surface area contributed by atoms with E-state index in [0.717, 1.165) is 31.7 Å². The zero-order chi connectivity index (χ0) is 15.3. The van der Waals surface area contributed by atoms with Gasteiger partial charge in [-0.25, -0.2) is 0 Å². The molecule has 3 heteroatoms. The average Bonchev–Trinajstić information content (AvgIpc) is 2.47. The third-order valence-electron chi connectivity index (χ3n) is 5.63. The van der Waals surface area contributed by atoms with Crippen molar-refractivity contribution in [2.24, 2.45) is 11.3 Å². The van der Waals surface area contributed by atoms with Crippen LogP contribution in [-0.2, 0) is 4.74 Å². The van der Waals surface area contributed by atoms with Crippen molar-refractivity contribution in [1.82, 2.24) is 10.2 Å². The Kier molecular flexibility index (Phi) is 6.51. The molecule has 1 saturated carbocycles. The second-order valence-corrected chi connectivity index (χ2v) is 7.98. The number of rotatable bonds is 6. The van der Waals surface area contributed by atoms with Crippen LogP contribution in [0.5, 0.6) is 0 Å². The summed E-state index contributed by atoms with van der Waals surface area (Å²) >= 11 is 0. The van der Waals surface area contributed by atoms with Crippen LogP contribution >= 0.6 is 0 Å². The first-order chi connectivity index (χ1) is 10.0. The van der Waals surface area contributed by atoms with Crippen LogP contribution in [0, 0.1) is 11.3 Å². The van der Waals surface area contributed by atoms with Gasteiger partial charge >= 0.3 is 0 Å². The van der Waals surface area contributed by atoms with Gasteiger partial charge < -0.3 is 15.0 Å². The molecule has 1 heterocycles. The standard InChI is InChI=1S/C18H36N2O/c1-15(2)19-13-18(9-11-21-12-10-18)14-20(4)17-7-5-16(3)6-8-17/h15-17,19H,5-14H2,1-4H3. The van der Waals surface area contributed by atoms with Crippen LogP contribution in [0.2, 0.25) is 0 Å². The smallest absolute Gasteiger partial charge is 0.0472 e. The van der Waals surface area contributed by atoms with E-state index in [1.54, 1.807) is 0 Å². The summed E-state index contributed by atoms with van der Waals surface area (Å²) in [4.78, 5) is 2.67. The van der Waals surface area contributed by atoms with Crippen LogP contribution in [0.1, 0.15) is 59.3 Å². The van der Waals surface area contributed by atoms with Crippen LogP contribution in [-0.4, -0.2) is 50.3 Å². The molecule has 0 atom stereocenters. The van der Waals surface area contributed by atoms with Crippen LogP contribution in [0.25, 0.3) is 0 Å². The van der Waals surface area contributed by atoms with Crippen molar-refractivity contribution in [2.75, 3.05) is 33.4 Å². The molecule has 0 amide bonds. The van der Waals surface area contributed by atoms with E-state index in [1.165, 1.54) is 45.1 Å². The second-order valence-electron chi connectivity index (χ2n) is 7.98. The minimum atomic E-state index is 0.417. The zero-order valence-electron chi connectivity index (χ0n) is 14.7. The van der Waals surface area contributed by atoms with E-state index in [4.69, 9.17) is 4.74 Å². The molecule has 21 heavy (non-hydrogen) atoms. The molecule has 0 unspecified atom stereocenters. The number of hydrogen-bond donors (Lipinski definition) is 1. The quantitative estimate of drug-likeness (QED) is 0.814. The van der Waals surface area contributed by atoms with Gasteiger partial charge in [0.1, 0.15) is 0 Å². The van der Waals surface area contributed by atoms with E-state index in [-0.39, 0.29) is 0 Å². The van der Waals surface area contributed by atoms with Crippen LogP contribution in [0.3, 0.4) is 0 Å². The molecule has 1 saturated heterocycles.